The normalized spacial score (nSPS) is 10.9. The highest BCUT2D eigenvalue weighted by atomic mass is 32.1. The van der Waals surface area contributed by atoms with E-state index in [-0.39, 0.29) is 17.6 Å². The Labute approximate surface area is 116 Å². The zero-order valence-corrected chi connectivity index (χ0v) is 12.2. The fourth-order valence-corrected chi connectivity index (χ4v) is 2.41. The zero-order valence-electron chi connectivity index (χ0n) is 11.4. The van der Waals surface area contributed by atoms with Crippen LogP contribution in [0.15, 0.2) is 17.5 Å². The summed E-state index contributed by atoms with van der Waals surface area (Å²) in [5, 5.41) is 8.84. The molecule has 2 aromatic rings. The van der Waals surface area contributed by atoms with E-state index in [0.717, 1.165) is 10.7 Å². The van der Waals surface area contributed by atoms with E-state index >= 15 is 0 Å². The van der Waals surface area contributed by atoms with Crippen molar-refractivity contribution < 1.29 is 4.79 Å². The number of rotatable bonds is 5. The SMILES string of the molecule is CCN(Cc1cccs1)C(=O)c1n[nH]c(C(C)C)n1. The number of hydrogen-bond acceptors (Lipinski definition) is 4. The van der Waals surface area contributed by atoms with Gasteiger partial charge in [0.15, 0.2) is 0 Å². The van der Waals surface area contributed by atoms with Crippen molar-refractivity contribution in [1.29, 1.82) is 0 Å². The van der Waals surface area contributed by atoms with Gasteiger partial charge in [0, 0.05) is 17.3 Å². The van der Waals surface area contributed by atoms with Gasteiger partial charge in [-0.05, 0) is 18.4 Å². The second-order valence-electron chi connectivity index (χ2n) is 4.60. The lowest BCUT2D eigenvalue weighted by Crippen LogP contribution is -2.30. The van der Waals surface area contributed by atoms with Crippen molar-refractivity contribution in [2.24, 2.45) is 0 Å². The van der Waals surface area contributed by atoms with Crippen LogP contribution in [0.1, 0.15) is 48.0 Å². The van der Waals surface area contributed by atoms with Crippen LogP contribution in [0.25, 0.3) is 0 Å². The summed E-state index contributed by atoms with van der Waals surface area (Å²) in [6.07, 6.45) is 0. The quantitative estimate of drug-likeness (QED) is 0.914. The summed E-state index contributed by atoms with van der Waals surface area (Å²) in [4.78, 5) is 19.5. The summed E-state index contributed by atoms with van der Waals surface area (Å²) >= 11 is 1.65. The van der Waals surface area contributed by atoms with Crippen LogP contribution in [0.2, 0.25) is 0 Å². The first-order valence-corrected chi connectivity index (χ1v) is 7.23. The lowest BCUT2D eigenvalue weighted by atomic mass is 10.2. The van der Waals surface area contributed by atoms with Gasteiger partial charge in [0.2, 0.25) is 5.82 Å². The summed E-state index contributed by atoms with van der Waals surface area (Å²) in [5.74, 6) is 1.11. The van der Waals surface area contributed by atoms with E-state index in [9.17, 15) is 4.79 Å². The van der Waals surface area contributed by atoms with Gasteiger partial charge in [-0.2, -0.15) is 0 Å². The number of carbonyl (C=O) groups excluding carboxylic acids is 1. The lowest BCUT2D eigenvalue weighted by molar-refractivity contribution is 0.0742. The van der Waals surface area contributed by atoms with Crippen LogP contribution in [0.5, 0.6) is 0 Å². The molecular formula is C13H18N4OS. The Hall–Kier alpha value is -1.69. The van der Waals surface area contributed by atoms with Crippen molar-refractivity contribution in [3.8, 4) is 0 Å². The first-order valence-electron chi connectivity index (χ1n) is 6.35. The first kappa shape index (κ1) is 13.7. The number of amides is 1. The van der Waals surface area contributed by atoms with Crippen LogP contribution in [0.3, 0.4) is 0 Å². The Kier molecular flexibility index (Phi) is 4.31. The standard InChI is InChI=1S/C13H18N4OS/c1-4-17(8-10-6-5-7-19-10)13(18)12-14-11(9(2)3)15-16-12/h5-7,9H,4,8H2,1-3H3,(H,14,15,16). The molecule has 5 nitrogen and oxygen atoms in total. The van der Waals surface area contributed by atoms with Crippen LogP contribution < -0.4 is 0 Å². The molecule has 2 aromatic heterocycles. The summed E-state index contributed by atoms with van der Waals surface area (Å²) in [6, 6.07) is 4.01. The van der Waals surface area contributed by atoms with Crippen LogP contribution in [0.4, 0.5) is 0 Å². The third-order valence-corrected chi connectivity index (χ3v) is 3.70. The van der Waals surface area contributed by atoms with Crippen LogP contribution in [0, 0.1) is 0 Å². The molecule has 0 atom stereocenters. The molecule has 1 amide bonds. The number of thiophene rings is 1. The molecule has 19 heavy (non-hydrogen) atoms. The molecule has 0 saturated heterocycles. The Morgan fingerprint density at radius 1 is 1.53 bits per heavy atom. The highest BCUT2D eigenvalue weighted by Crippen LogP contribution is 2.14. The minimum atomic E-state index is -0.126. The van der Waals surface area contributed by atoms with Gasteiger partial charge >= 0.3 is 0 Å². The van der Waals surface area contributed by atoms with E-state index in [2.05, 4.69) is 15.2 Å². The molecule has 0 aliphatic carbocycles. The van der Waals surface area contributed by atoms with E-state index in [1.807, 2.05) is 38.3 Å². The molecule has 0 bridgehead atoms. The van der Waals surface area contributed by atoms with Crippen molar-refractivity contribution in [1.82, 2.24) is 20.1 Å². The second-order valence-corrected chi connectivity index (χ2v) is 5.63. The predicted molar refractivity (Wildman–Crippen MR) is 75.2 cm³/mol. The van der Waals surface area contributed by atoms with E-state index in [4.69, 9.17) is 0 Å². The summed E-state index contributed by atoms with van der Waals surface area (Å²) < 4.78 is 0. The smallest absolute Gasteiger partial charge is 0.293 e. The molecule has 6 heteroatoms. The summed E-state index contributed by atoms with van der Waals surface area (Å²) in [5.41, 5.74) is 0. The number of nitrogens with zero attached hydrogens (tertiary/aromatic N) is 3. The van der Waals surface area contributed by atoms with Gasteiger partial charge in [0.05, 0.1) is 6.54 Å². The van der Waals surface area contributed by atoms with Gasteiger partial charge in [-0.15, -0.1) is 16.4 Å². The average molecular weight is 278 g/mol. The number of nitrogens with one attached hydrogen (secondary N) is 1. The maximum Gasteiger partial charge on any atom is 0.293 e. The molecule has 0 spiro atoms. The Morgan fingerprint density at radius 3 is 2.84 bits per heavy atom. The first-order chi connectivity index (χ1) is 9.11. The number of carbonyl (C=O) groups is 1. The predicted octanol–water partition coefficient (Wildman–Crippen LogP) is 2.65. The van der Waals surface area contributed by atoms with Crippen molar-refractivity contribution in [2.45, 2.75) is 33.2 Å². The summed E-state index contributed by atoms with van der Waals surface area (Å²) in [6.45, 7) is 7.23. The second kappa shape index (κ2) is 5.97. The third kappa shape index (κ3) is 3.20. The Balaban J connectivity index is 2.11. The molecule has 0 fully saturated rings. The van der Waals surface area contributed by atoms with Crippen molar-refractivity contribution in [3.63, 3.8) is 0 Å². The minimum absolute atomic E-state index is 0.126. The van der Waals surface area contributed by atoms with Gasteiger partial charge in [0.1, 0.15) is 5.82 Å². The number of H-pyrrole nitrogens is 1. The monoisotopic (exact) mass is 278 g/mol. The molecule has 1 N–H and O–H groups in total. The van der Waals surface area contributed by atoms with Gasteiger partial charge < -0.3 is 4.90 Å². The molecule has 0 radical (unpaired) electrons. The average Bonchev–Trinajstić information content (AvgIpc) is 3.06. The van der Waals surface area contributed by atoms with E-state index in [1.54, 1.807) is 16.2 Å². The van der Waals surface area contributed by atoms with Crippen molar-refractivity contribution in [2.75, 3.05) is 6.54 Å². The molecule has 2 rings (SSSR count). The highest BCUT2D eigenvalue weighted by molar-refractivity contribution is 7.09. The number of hydrogen-bond donors (Lipinski definition) is 1. The molecular weight excluding hydrogens is 260 g/mol. The summed E-state index contributed by atoms with van der Waals surface area (Å²) in [7, 11) is 0. The fraction of sp³-hybridized carbons (Fsp3) is 0.462. The van der Waals surface area contributed by atoms with Crippen molar-refractivity contribution >= 4 is 17.2 Å². The maximum atomic E-state index is 12.3. The molecule has 0 aromatic carbocycles. The topological polar surface area (TPSA) is 61.9 Å². The molecule has 0 aliphatic rings. The number of aromatic nitrogens is 3. The van der Waals surface area contributed by atoms with Gasteiger partial charge in [-0.3, -0.25) is 9.89 Å². The lowest BCUT2D eigenvalue weighted by Gasteiger charge is -2.18. The maximum absolute atomic E-state index is 12.3. The molecule has 2 heterocycles. The third-order valence-electron chi connectivity index (χ3n) is 2.84. The Bertz CT molecular complexity index is 533. The van der Waals surface area contributed by atoms with Gasteiger partial charge in [-0.25, -0.2) is 4.98 Å². The molecule has 0 saturated carbocycles. The van der Waals surface area contributed by atoms with Gasteiger partial charge in [-0.1, -0.05) is 19.9 Å². The highest BCUT2D eigenvalue weighted by Gasteiger charge is 2.20. The van der Waals surface area contributed by atoms with E-state index < -0.39 is 0 Å². The van der Waals surface area contributed by atoms with Gasteiger partial charge in [0.25, 0.3) is 5.91 Å². The fourth-order valence-electron chi connectivity index (χ4n) is 1.69. The largest absolute Gasteiger partial charge is 0.331 e. The Morgan fingerprint density at radius 2 is 2.32 bits per heavy atom. The zero-order chi connectivity index (χ0) is 13.8. The minimum Gasteiger partial charge on any atom is -0.331 e. The van der Waals surface area contributed by atoms with Crippen LogP contribution in [-0.2, 0) is 6.54 Å². The number of aromatic amines is 1. The van der Waals surface area contributed by atoms with Crippen LogP contribution >= 0.6 is 11.3 Å². The van der Waals surface area contributed by atoms with E-state index in [0.29, 0.717) is 13.1 Å². The molecule has 0 unspecified atom stereocenters. The van der Waals surface area contributed by atoms with E-state index in [1.165, 1.54) is 0 Å². The molecule has 102 valence electrons. The van der Waals surface area contributed by atoms with Crippen molar-refractivity contribution in [3.05, 3.63) is 34.0 Å². The molecule has 0 aliphatic heterocycles. The van der Waals surface area contributed by atoms with Crippen LogP contribution in [-0.4, -0.2) is 32.5 Å².